The Labute approximate surface area is 103 Å². The minimum atomic E-state index is -1.09. The molecular weight excluding hydrogens is 237 g/mol. The van der Waals surface area contributed by atoms with Gasteiger partial charge in [-0.2, -0.15) is 0 Å². The van der Waals surface area contributed by atoms with E-state index in [1.54, 1.807) is 12.1 Å². The Balaban J connectivity index is 2.15. The molecule has 1 atom stereocenters. The van der Waals surface area contributed by atoms with Crippen LogP contribution in [-0.4, -0.2) is 27.9 Å². The quantitative estimate of drug-likeness (QED) is 0.874. The van der Waals surface area contributed by atoms with E-state index in [1.165, 1.54) is 24.4 Å². The topological polar surface area (TPSA) is 57.6 Å². The molecule has 1 aromatic carbocycles. The third kappa shape index (κ3) is 2.74. The van der Waals surface area contributed by atoms with Crippen molar-refractivity contribution < 1.29 is 19.1 Å². The van der Waals surface area contributed by atoms with E-state index in [4.69, 9.17) is 5.11 Å². The summed E-state index contributed by atoms with van der Waals surface area (Å²) in [7, 11) is 0. The zero-order valence-corrected chi connectivity index (χ0v) is 9.54. The summed E-state index contributed by atoms with van der Waals surface area (Å²) >= 11 is 0. The van der Waals surface area contributed by atoms with Crippen LogP contribution in [0.5, 0.6) is 0 Å². The van der Waals surface area contributed by atoms with Crippen LogP contribution in [0.2, 0.25) is 0 Å². The maximum Gasteiger partial charge on any atom is 0.411 e. The highest BCUT2D eigenvalue weighted by Crippen LogP contribution is 2.18. The van der Waals surface area contributed by atoms with Crippen molar-refractivity contribution in [1.82, 2.24) is 4.90 Å². The molecule has 0 saturated carbocycles. The number of hydrogen-bond donors (Lipinski definition) is 1. The summed E-state index contributed by atoms with van der Waals surface area (Å²) in [5, 5.41) is 9.02. The molecule has 0 spiro atoms. The molecule has 94 valence electrons. The molecule has 0 bridgehead atoms. The molecule has 1 aliphatic heterocycles. The van der Waals surface area contributed by atoms with Gasteiger partial charge in [0.1, 0.15) is 5.82 Å². The number of ketones is 1. The lowest BCUT2D eigenvalue weighted by molar-refractivity contribution is -0.116. The molecule has 1 amide bonds. The SMILES string of the molecule is O=C1C=CN(C(=O)O)C(Cc2ccc(F)cc2)C1. The minimum absolute atomic E-state index is 0.0976. The Bertz CT molecular complexity index is 495. The van der Waals surface area contributed by atoms with E-state index < -0.39 is 12.1 Å². The molecule has 0 fully saturated rings. The number of benzene rings is 1. The Kier molecular flexibility index (Phi) is 3.41. The van der Waals surface area contributed by atoms with E-state index in [1.807, 2.05) is 0 Å². The molecule has 1 aliphatic rings. The summed E-state index contributed by atoms with van der Waals surface area (Å²) in [6.45, 7) is 0. The zero-order valence-electron chi connectivity index (χ0n) is 9.54. The predicted octanol–water partition coefficient (Wildman–Crippen LogP) is 2.20. The number of allylic oxidation sites excluding steroid dienone is 1. The minimum Gasteiger partial charge on any atom is -0.465 e. The van der Waals surface area contributed by atoms with Crippen molar-refractivity contribution in [2.45, 2.75) is 18.9 Å². The first-order chi connectivity index (χ1) is 8.56. The maximum absolute atomic E-state index is 12.8. The Hall–Kier alpha value is -2.17. The van der Waals surface area contributed by atoms with E-state index in [2.05, 4.69) is 0 Å². The fourth-order valence-electron chi connectivity index (χ4n) is 1.97. The van der Waals surface area contributed by atoms with Crippen LogP contribution in [0.15, 0.2) is 36.5 Å². The lowest BCUT2D eigenvalue weighted by atomic mass is 9.98. The average Bonchev–Trinajstić information content (AvgIpc) is 2.32. The zero-order chi connectivity index (χ0) is 13.1. The van der Waals surface area contributed by atoms with Crippen LogP contribution in [-0.2, 0) is 11.2 Å². The van der Waals surface area contributed by atoms with Crippen LogP contribution in [0.4, 0.5) is 9.18 Å². The highest BCUT2D eigenvalue weighted by atomic mass is 19.1. The van der Waals surface area contributed by atoms with Crippen molar-refractivity contribution in [3.8, 4) is 0 Å². The fraction of sp³-hybridized carbons (Fsp3) is 0.231. The average molecular weight is 249 g/mol. The molecule has 0 saturated heterocycles. The van der Waals surface area contributed by atoms with Crippen molar-refractivity contribution in [2.24, 2.45) is 0 Å². The van der Waals surface area contributed by atoms with Gasteiger partial charge in [-0.1, -0.05) is 12.1 Å². The van der Waals surface area contributed by atoms with E-state index in [-0.39, 0.29) is 18.0 Å². The number of rotatable bonds is 2. The number of halogens is 1. The van der Waals surface area contributed by atoms with Crippen molar-refractivity contribution in [3.63, 3.8) is 0 Å². The first kappa shape index (κ1) is 12.3. The van der Waals surface area contributed by atoms with Gasteiger partial charge in [0, 0.05) is 12.6 Å². The summed E-state index contributed by atoms with van der Waals surface area (Å²) in [5.41, 5.74) is 0.802. The Morgan fingerprint density at radius 2 is 2.06 bits per heavy atom. The molecule has 0 aliphatic carbocycles. The van der Waals surface area contributed by atoms with E-state index in [0.717, 1.165) is 10.5 Å². The fourth-order valence-corrected chi connectivity index (χ4v) is 1.97. The second kappa shape index (κ2) is 5.00. The standard InChI is InChI=1S/C13H12FNO3/c14-10-3-1-9(2-4-10)7-11-8-12(16)5-6-15(11)13(17)18/h1-6,11H,7-8H2,(H,17,18). The van der Waals surface area contributed by atoms with Crippen molar-refractivity contribution in [1.29, 1.82) is 0 Å². The molecule has 2 rings (SSSR count). The number of carbonyl (C=O) groups is 2. The Morgan fingerprint density at radius 3 is 2.67 bits per heavy atom. The summed E-state index contributed by atoms with van der Waals surface area (Å²) < 4.78 is 12.8. The highest BCUT2D eigenvalue weighted by Gasteiger charge is 2.26. The van der Waals surface area contributed by atoms with Gasteiger partial charge in [-0.3, -0.25) is 9.69 Å². The summed E-state index contributed by atoms with van der Waals surface area (Å²) in [5.74, 6) is -0.437. The lowest BCUT2D eigenvalue weighted by Crippen LogP contribution is -2.40. The van der Waals surface area contributed by atoms with Gasteiger partial charge >= 0.3 is 6.09 Å². The predicted molar refractivity (Wildman–Crippen MR) is 62.5 cm³/mol. The summed E-state index contributed by atoms with van der Waals surface area (Å²) in [4.78, 5) is 23.5. The van der Waals surface area contributed by atoms with Gasteiger partial charge in [0.25, 0.3) is 0 Å². The van der Waals surface area contributed by atoms with Crippen molar-refractivity contribution in [2.75, 3.05) is 0 Å². The van der Waals surface area contributed by atoms with E-state index >= 15 is 0 Å². The van der Waals surface area contributed by atoms with Gasteiger partial charge in [-0.15, -0.1) is 0 Å². The van der Waals surface area contributed by atoms with Gasteiger partial charge in [0.05, 0.1) is 6.04 Å². The molecule has 5 heteroatoms. The number of carbonyl (C=O) groups excluding carboxylic acids is 1. The van der Waals surface area contributed by atoms with Crippen molar-refractivity contribution >= 4 is 11.9 Å². The van der Waals surface area contributed by atoms with Crippen LogP contribution in [0.1, 0.15) is 12.0 Å². The molecule has 1 N–H and O–H groups in total. The number of amides is 1. The van der Waals surface area contributed by atoms with Crippen LogP contribution in [0.3, 0.4) is 0 Å². The van der Waals surface area contributed by atoms with Crippen LogP contribution in [0, 0.1) is 5.82 Å². The molecule has 0 aromatic heterocycles. The second-order valence-corrected chi connectivity index (χ2v) is 4.16. The molecule has 1 heterocycles. The number of carboxylic acid groups (broad SMARTS) is 1. The summed E-state index contributed by atoms with van der Waals surface area (Å²) in [6.07, 6.45) is 1.99. The number of hydrogen-bond acceptors (Lipinski definition) is 2. The van der Waals surface area contributed by atoms with Gasteiger partial charge in [0.15, 0.2) is 5.78 Å². The smallest absolute Gasteiger partial charge is 0.411 e. The lowest BCUT2D eigenvalue weighted by Gasteiger charge is -2.28. The molecule has 1 unspecified atom stereocenters. The first-order valence-electron chi connectivity index (χ1n) is 5.53. The molecule has 18 heavy (non-hydrogen) atoms. The van der Waals surface area contributed by atoms with Crippen LogP contribution in [0.25, 0.3) is 0 Å². The van der Waals surface area contributed by atoms with Gasteiger partial charge in [-0.05, 0) is 30.2 Å². The van der Waals surface area contributed by atoms with Gasteiger partial charge in [0.2, 0.25) is 0 Å². The van der Waals surface area contributed by atoms with E-state index in [0.29, 0.717) is 6.42 Å². The molecule has 0 radical (unpaired) electrons. The third-order valence-corrected chi connectivity index (χ3v) is 2.86. The van der Waals surface area contributed by atoms with Crippen LogP contribution < -0.4 is 0 Å². The Morgan fingerprint density at radius 1 is 1.39 bits per heavy atom. The van der Waals surface area contributed by atoms with E-state index in [9.17, 15) is 14.0 Å². The van der Waals surface area contributed by atoms with Gasteiger partial charge < -0.3 is 5.11 Å². The second-order valence-electron chi connectivity index (χ2n) is 4.16. The maximum atomic E-state index is 12.8. The molecule has 1 aromatic rings. The molecular formula is C13H12FNO3. The largest absolute Gasteiger partial charge is 0.465 e. The summed E-state index contributed by atoms with van der Waals surface area (Å²) in [6, 6.07) is 5.41. The monoisotopic (exact) mass is 249 g/mol. The van der Waals surface area contributed by atoms with Crippen LogP contribution >= 0.6 is 0 Å². The first-order valence-corrected chi connectivity index (χ1v) is 5.53. The third-order valence-electron chi connectivity index (χ3n) is 2.86. The van der Waals surface area contributed by atoms with Gasteiger partial charge in [-0.25, -0.2) is 9.18 Å². The van der Waals surface area contributed by atoms with Crippen molar-refractivity contribution in [3.05, 3.63) is 47.9 Å². The molecule has 4 nitrogen and oxygen atoms in total. The highest BCUT2D eigenvalue weighted by molar-refractivity contribution is 5.92. The normalized spacial score (nSPS) is 19.1. The number of nitrogens with zero attached hydrogens (tertiary/aromatic N) is 1.